The van der Waals surface area contributed by atoms with Crippen LogP contribution in [0.3, 0.4) is 0 Å². The Labute approximate surface area is 121 Å². The molecule has 3 rings (SSSR count). The molecule has 0 aliphatic carbocycles. The average Bonchev–Trinajstić information content (AvgIpc) is 2.81. The Bertz CT molecular complexity index is 812. The lowest BCUT2D eigenvalue weighted by Gasteiger charge is -2.03. The van der Waals surface area contributed by atoms with Crippen molar-refractivity contribution in [3.05, 3.63) is 58.6 Å². The molecule has 2 heterocycles. The molecule has 0 saturated heterocycles. The first kappa shape index (κ1) is 12.8. The topological polar surface area (TPSA) is 54.6 Å². The fourth-order valence-electron chi connectivity index (χ4n) is 2.05. The molecular formula is C14H8BrFN2O2. The Balaban J connectivity index is 2.35. The molecule has 1 aromatic carbocycles. The van der Waals surface area contributed by atoms with Gasteiger partial charge in [0.2, 0.25) is 0 Å². The molecule has 0 atom stereocenters. The number of aromatic nitrogens is 2. The molecule has 3 aromatic rings. The summed E-state index contributed by atoms with van der Waals surface area (Å²) in [6.07, 6.45) is 0. The lowest BCUT2D eigenvalue weighted by Crippen LogP contribution is -1.97. The molecule has 0 unspecified atom stereocenters. The number of hydrogen-bond acceptors (Lipinski definition) is 2. The normalized spacial score (nSPS) is 10.9. The van der Waals surface area contributed by atoms with Gasteiger partial charge in [-0.1, -0.05) is 6.07 Å². The van der Waals surface area contributed by atoms with Crippen LogP contribution in [0.5, 0.6) is 0 Å². The molecule has 0 amide bonds. The van der Waals surface area contributed by atoms with Crippen LogP contribution in [0.4, 0.5) is 4.39 Å². The summed E-state index contributed by atoms with van der Waals surface area (Å²) < 4.78 is 15.4. The van der Waals surface area contributed by atoms with Crippen molar-refractivity contribution in [1.82, 2.24) is 9.38 Å². The van der Waals surface area contributed by atoms with E-state index in [2.05, 4.69) is 20.9 Å². The van der Waals surface area contributed by atoms with Gasteiger partial charge in [0.25, 0.3) is 0 Å². The second-order valence-corrected chi connectivity index (χ2v) is 4.98. The lowest BCUT2D eigenvalue weighted by atomic mass is 10.2. The van der Waals surface area contributed by atoms with E-state index in [1.54, 1.807) is 34.7 Å². The smallest absolute Gasteiger partial charge is 0.356 e. The lowest BCUT2D eigenvalue weighted by molar-refractivity contribution is 0.0693. The van der Waals surface area contributed by atoms with Crippen LogP contribution in [0.25, 0.3) is 16.9 Å². The standard InChI is InChI=1S/C14H8BrFN2O2/c15-11-3-1-2-10-12(14(19)20)17-13(18(10)11)8-4-6-9(16)7-5-8/h1-7H,(H,19,20). The monoisotopic (exact) mass is 334 g/mol. The molecule has 0 aliphatic rings. The average molecular weight is 335 g/mol. The predicted molar refractivity (Wildman–Crippen MR) is 75.2 cm³/mol. The maximum absolute atomic E-state index is 13.0. The van der Waals surface area contributed by atoms with Crippen molar-refractivity contribution < 1.29 is 14.3 Å². The third-order valence-electron chi connectivity index (χ3n) is 2.92. The quantitative estimate of drug-likeness (QED) is 0.728. The Morgan fingerprint density at radius 3 is 2.55 bits per heavy atom. The summed E-state index contributed by atoms with van der Waals surface area (Å²) in [5, 5.41) is 9.23. The van der Waals surface area contributed by atoms with Crippen molar-refractivity contribution in [2.45, 2.75) is 0 Å². The molecule has 0 saturated carbocycles. The van der Waals surface area contributed by atoms with Crippen molar-refractivity contribution in [3.63, 3.8) is 0 Å². The Kier molecular flexibility index (Phi) is 3.02. The molecular weight excluding hydrogens is 327 g/mol. The summed E-state index contributed by atoms with van der Waals surface area (Å²) >= 11 is 3.38. The number of carboxylic acids is 1. The SMILES string of the molecule is O=C(O)c1nc(-c2ccc(F)cc2)n2c(Br)cccc12. The molecule has 1 N–H and O–H groups in total. The number of nitrogens with zero attached hydrogens (tertiary/aromatic N) is 2. The van der Waals surface area contributed by atoms with Crippen LogP contribution in [-0.4, -0.2) is 20.5 Å². The largest absolute Gasteiger partial charge is 0.476 e. The van der Waals surface area contributed by atoms with Gasteiger partial charge < -0.3 is 5.11 Å². The molecule has 20 heavy (non-hydrogen) atoms. The molecule has 0 aliphatic heterocycles. The summed E-state index contributed by atoms with van der Waals surface area (Å²) in [5.41, 5.74) is 1.08. The van der Waals surface area contributed by atoms with Crippen LogP contribution in [0, 0.1) is 5.82 Å². The molecule has 6 heteroatoms. The van der Waals surface area contributed by atoms with Gasteiger partial charge in [-0.2, -0.15) is 0 Å². The van der Waals surface area contributed by atoms with Crippen molar-refractivity contribution in [1.29, 1.82) is 0 Å². The fourth-order valence-corrected chi connectivity index (χ4v) is 2.56. The summed E-state index contributed by atoms with van der Waals surface area (Å²) in [5.74, 6) is -1.01. The zero-order chi connectivity index (χ0) is 14.3. The highest BCUT2D eigenvalue weighted by molar-refractivity contribution is 9.10. The van der Waals surface area contributed by atoms with E-state index in [0.29, 0.717) is 21.5 Å². The molecule has 0 fully saturated rings. The van der Waals surface area contributed by atoms with E-state index in [1.807, 2.05) is 0 Å². The van der Waals surface area contributed by atoms with Gasteiger partial charge in [0.05, 0.1) is 10.1 Å². The van der Waals surface area contributed by atoms with Gasteiger partial charge in [0, 0.05) is 5.56 Å². The van der Waals surface area contributed by atoms with E-state index in [4.69, 9.17) is 0 Å². The Hall–Kier alpha value is -2.21. The van der Waals surface area contributed by atoms with Gasteiger partial charge in [0.15, 0.2) is 5.69 Å². The maximum atomic E-state index is 13.0. The first-order valence-electron chi connectivity index (χ1n) is 5.74. The number of imidazole rings is 1. The minimum absolute atomic E-state index is 0.0365. The highest BCUT2D eigenvalue weighted by Crippen LogP contribution is 2.27. The van der Waals surface area contributed by atoms with Gasteiger partial charge in [0.1, 0.15) is 11.6 Å². The second kappa shape index (κ2) is 4.72. The van der Waals surface area contributed by atoms with Gasteiger partial charge >= 0.3 is 5.97 Å². The van der Waals surface area contributed by atoms with E-state index in [0.717, 1.165) is 0 Å². The number of pyridine rings is 1. The van der Waals surface area contributed by atoms with Crippen LogP contribution in [0.2, 0.25) is 0 Å². The number of halogens is 2. The number of fused-ring (bicyclic) bond motifs is 1. The van der Waals surface area contributed by atoms with E-state index in [-0.39, 0.29) is 11.5 Å². The van der Waals surface area contributed by atoms with Gasteiger partial charge in [-0.05, 0) is 52.3 Å². The van der Waals surface area contributed by atoms with Gasteiger partial charge in [-0.15, -0.1) is 0 Å². The minimum Gasteiger partial charge on any atom is -0.476 e. The number of carbonyl (C=O) groups is 1. The highest BCUT2D eigenvalue weighted by Gasteiger charge is 2.18. The number of carboxylic acid groups (broad SMARTS) is 1. The predicted octanol–water partition coefficient (Wildman–Crippen LogP) is 3.60. The third kappa shape index (κ3) is 1.98. The third-order valence-corrected chi connectivity index (χ3v) is 3.54. The van der Waals surface area contributed by atoms with Crippen molar-refractivity contribution in [3.8, 4) is 11.4 Å². The van der Waals surface area contributed by atoms with E-state index >= 15 is 0 Å². The van der Waals surface area contributed by atoms with Crippen LogP contribution < -0.4 is 0 Å². The Morgan fingerprint density at radius 1 is 1.20 bits per heavy atom. The van der Waals surface area contributed by atoms with Crippen LogP contribution >= 0.6 is 15.9 Å². The minimum atomic E-state index is -1.10. The van der Waals surface area contributed by atoms with E-state index < -0.39 is 5.97 Å². The molecule has 4 nitrogen and oxygen atoms in total. The zero-order valence-electron chi connectivity index (χ0n) is 10.0. The molecule has 0 spiro atoms. The zero-order valence-corrected chi connectivity index (χ0v) is 11.6. The van der Waals surface area contributed by atoms with Crippen molar-refractivity contribution >= 4 is 27.4 Å². The van der Waals surface area contributed by atoms with Gasteiger partial charge in [-0.3, -0.25) is 4.40 Å². The maximum Gasteiger partial charge on any atom is 0.356 e. The van der Waals surface area contributed by atoms with E-state index in [1.165, 1.54) is 12.1 Å². The highest BCUT2D eigenvalue weighted by atomic mass is 79.9. The first-order chi connectivity index (χ1) is 9.58. The molecule has 0 bridgehead atoms. The molecule has 2 aromatic heterocycles. The van der Waals surface area contributed by atoms with Crippen molar-refractivity contribution in [2.24, 2.45) is 0 Å². The number of hydrogen-bond donors (Lipinski definition) is 1. The van der Waals surface area contributed by atoms with E-state index in [9.17, 15) is 14.3 Å². The van der Waals surface area contributed by atoms with Gasteiger partial charge in [-0.25, -0.2) is 14.2 Å². The summed E-state index contributed by atoms with van der Waals surface area (Å²) in [6.45, 7) is 0. The number of aromatic carboxylic acids is 1. The number of rotatable bonds is 2. The fraction of sp³-hybridized carbons (Fsp3) is 0. The molecule has 0 radical (unpaired) electrons. The summed E-state index contributed by atoms with van der Waals surface area (Å²) in [6, 6.07) is 11.0. The Morgan fingerprint density at radius 2 is 1.90 bits per heavy atom. The number of benzene rings is 1. The first-order valence-corrected chi connectivity index (χ1v) is 6.53. The van der Waals surface area contributed by atoms with Crippen molar-refractivity contribution in [2.75, 3.05) is 0 Å². The van der Waals surface area contributed by atoms with Crippen LogP contribution in [-0.2, 0) is 0 Å². The molecule has 100 valence electrons. The second-order valence-electron chi connectivity index (χ2n) is 4.17. The summed E-state index contributed by atoms with van der Waals surface area (Å²) in [7, 11) is 0. The van der Waals surface area contributed by atoms with Crippen LogP contribution in [0.1, 0.15) is 10.5 Å². The summed E-state index contributed by atoms with van der Waals surface area (Å²) in [4.78, 5) is 15.4. The van der Waals surface area contributed by atoms with Crippen LogP contribution in [0.15, 0.2) is 47.1 Å².